The van der Waals surface area contributed by atoms with Gasteiger partial charge in [-0.3, -0.25) is 9.36 Å². The van der Waals surface area contributed by atoms with Gasteiger partial charge in [0.2, 0.25) is 0 Å². The molecular formula is C17H16FN5O4. The lowest BCUT2D eigenvalue weighted by Gasteiger charge is -2.16. The van der Waals surface area contributed by atoms with Crippen LogP contribution in [0.1, 0.15) is 16.6 Å². The minimum absolute atomic E-state index is 0.176. The summed E-state index contributed by atoms with van der Waals surface area (Å²) in [6, 6.07) is 8.59. The van der Waals surface area contributed by atoms with Crippen LogP contribution < -0.4 is 5.32 Å². The van der Waals surface area contributed by atoms with Crippen molar-refractivity contribution in [2.75, 3.05) is 11.9 Å². The third-order valence-corrected chi connectivity index (χ3v) is 4.37. The van der Waals surface area contributed by atoms with Crippen LogP contribution in [0.3, 0.4) is 0 Å². The van der Waals surface area contributed by atoms with E-state index in [1.165, 1.54) is 17.2 Å². The van der Waals surface area contributed by atoms with Crippen LogP contribution in [0.25, 0.3) is 11.2 Å². The zero-order valence-corrected chi connectivity index (χ0v) is 13.9. The summed E-state index contributed by atoms with van der Waals surface area (Å²) in [5.41, 5.74) is 0.966. The van der Waals surface area contributed by atoms with E-state index in [-0.39, 0.29) is 22.9 Å². The Hall–Kier alpha value is -2.95. The molecule has 0 bridgehead atoms. The van der Waals surface area contributed by atoms with Crippen molar-refractivity contribution in [1.29, 1.82) is 0 Å². The van der Waals surface area contributed by atoms with Gasteiger partial charge in [-0.05, 0) is 12.1 Å². The van der Waals surface area contributed by atoms with Crippen molar-refractivity contribution in [2.45, 2.75) is 24.6 Å². The number of amides is 1. The molecule has 9 nitrogen and oxygen atoms in total. The lowest BCUT2D eigenvalue weighted by molar-refractivity contribution is -0.0495. The summed E-state index contributed by atoms with van der Waals surface area (Å²) in [7, 11) is 0. The van der Waals surface area contributed by atoms with Crippen molar-refractivity contribution in [3.05, 3.63) is 48.5 Å². The van der Waals surface area contributed by atoms with E-state index in [1.54, 1.807) is 30.3 Å². The molecule has 1 aliphatic rings. The maximum atomic E-state index is 14.0. The monoisotopic (exact) mass is 373 g/mol. The van der Waals surface area contributed by atoms with Crippen LogP contribution in [0.15, 0.2) is 43.0 Å². The third kappa shape index (κ3) is 3.03. The van der Waals surface area contributed by atoms with E-state index < -0.39 is 31.2 Å². The van der Waals surface area contributed by atoms with Gasteiger partial charge in [0.25, 0.3) is 5.91 Å². The predicted molar refractivity (Wildman–Crippen MR) is 91.6 cm³/mol. The summed E-state index contributed by atoms with van der Waals surface area (Å²) in [5.74, 6) is -0.193. The van der Waals surface area contributed by atoms with Crippen molar-refractivity contribution in [2.24, 2.45) is 0 Å². The fourth-order valence-corrected chi connectivity index (χ4v) is 2.98. The topological polar surface area (TPSA) is 122 Å². The van der Waals surface area contributed by atoms with Crippen LogP contribution in [0.4, 0.5) is 10.2 Å². The number of carbonyl (C=O) groups is 1. The second-order valence-corrected chi connectivity index (χ2v) is 6.05. The van der Waals surface area contributed by atoms with Gasteiger partial charge >= 0.3 is 0 Å². The molecule has 0 aliphatic carbocycles. The Labute approximate surface area is 152 Å². The van der Waals surface area contributed by atoms with Crippen molar-refractivity contribution in [3.63, 3.8) is 0 Å². The van der Waals surface area contributed by atoms with Crippen LogP contribution in [-0.2, 0) is 4.74 Å². The molecular weight excluding hydrogens is 357 g/mol. The molecule has 10 heteroatoms. The Morgan fingerprint density at radius 2 is 2.04 bits per heavy atom. The zero-order valence-electron chi connectivity index (χ0n) is 13.9. The highest BCUT2D eigenvalue weighted by Crippen LogP contribution is 2.33. The summed E-state index contributed by atoms with van der Waals surface area (Å²) in [6.07, 6.45) is -2.93. The summed E-state index contributed by atoms with van der Waals surface area (Å²) in [5, 5.41) is 21.9. The average molecular weight is 373 g/mol. The van der Waals surface area contributed by atoms with Gasteiger partial charge in [0.1, 0.15) is 18.5 Å². The molecule has 4 rings (SSSR count). The highest BCUT2D eigenvalue weighted by atomic mass is 19.1. The number of fused-ring (bicyclic) bond motifs is 1. The van der Waals surface area contributed by atoms with E-state index in [0.29, 0.717) is 5.56 Å². The molecule has 27 heavy (non-hydrogen) atoms. The van der Waals surface area contributed by atoms with E-state index in [2.05, 4.69) is 20.3 Å². The number of aliphatic hydroxyl groups is 2. The third-order valence-electron chi connectivity index (χ3n) is 4.37. The number of nitrogens with one attached hydrogen (secondary N) is 1. The minimum atomic E-state index is -1.74. The van der Waals surface area contributed by atoms with Gasteiger partial charge < -0.3 is 20.3 Å². The summed E-state index contributed by atoms with van der Waals surface area (Å²) in [6.45, 7) is -0.561. The number of aliphatic hydroxyl groups excluding tert-OH is 2. The number of hydrogen-bond donors (Lipinski definition) is 3. The lowest BCUT2D eigenvalue weighted by Crippen LogP contribution is -2.29. The molecule has 0 radical (unpaired) electrons. The average Bonchev–Trinajstić information content (AvgIpc) is 3.25. The summed E-state index contributed by atoms with van der Waals surface area (Å²) in [4.78, 5) is 24.7. The Balaban J connectivity index is 1.65. The first-order valence-corrected chi connectivity index (χ1v) is 8.22. The Kier molecular flexibility index (Phi) is 4.52. The molecule has 3 aromatic rings. The Morgan fingerprint density at radius 3 is 2.74 bits per heavy atom. The molecule has 1 saturated heterocycles. The largest absolute Gasteiger partial charge is 0.394 e. The fraction of sp³-hybridized carbons (Fsp3) is 0.294. The van der Waals surface area contributed by atoms with Gasteiger partial charge in [0.15, 0.2) is 29.4 Å². The first-order chi connectivity index (χ1) is 13.1. The molecule has 140 valence electrons. The Bertz CT molecular complexity index is 966. The molecule has 0 spiro atoms. The zero-order chi connectivity index (χ0) is 19.0. The van der Waals surface area contributed by atoms with Gasteiger partial charge in [-0.1, -0.05) is 18.2 Å². The first kappa shape index (κ1) is 17.5. The SMILES string of the molecule is O=C(Nc1ncnc2c1ncn2[C@@H]1O[C@H](CO)[C@@H](F)[C@H]1O)c1ccccc1. The number of nitrogens with zero attached hydrogens (tertiary/aromatic N) is 4. The summed E-state index contributed by atoms with van der Waals surface area (Å²) >= 11 is 0. The minimum Gasteiger partial charge on any atom is -0.394 e. The molecule has 1 fully saturated rings. The van der Waals surface area contributed by atoms with E-state index in [1.807, 2.05) is 0 Å². The van der Waals surface area contributed by atoms with E-state index in [0.717, 1.165) is 0 Å². The second-order valence-electron chi connectivity index (χ2n) is 6.05. The molecule has 0 saturated carbocycles. The predicted octanol–water partition coefficient (Wildman–Crippen LogP) is 0.667. The number of imidazole rings is 1. The maximum Gasteiger partial charge on any atom is 0.256 e. The molecule has 1 aliphatic heterocycles. The number of rotatable bonds is 4. The number of alkyl halides is 1. The molecule has 4 atom stereocenters. The highest BCUT2D eigenvalue weighted by Gasteiger charge is 2.45. The number of anilines is 1. The second kappa shape index (κ2) is 6.99. The molecule has 1 aromatic carbocycles. The smallest absolute Gasteiger partial charge is 0.256 e. The van der Waals surface area contributed by atoms with Crippen molar-refractivity contribution >= 4 is 22.9 Å². The maximum absolute atomic E-state index is 14.0. The number of hydrogen-bond acceptors (Lipinski definition) is 7. The van der Waals surface area contributed by atoms with Gasteiger partial charge in [-0.2, -0.15) is 0 Å². The Morgan fingerprint density at radius 1 is 1.26 bits per heavy atom. The fourth-order valence-electron chi connectivity index (χ4n) is 2.98. The van der Waals surface area contributed by atoms with Crippen LogP contribution in [0, 0.1) is 0 Å². The van der Waals surface area contributed by atoms with Gasteiger partial charge in [-0.25, -0.2) is 19.3 Å². The summed E-state index contributed by atoms with van der Waals surface area (Å²) < 4.78 is 20.7. The number of halogens is 1. The van der Waals surface area contributed by atoms with Crippen molar-refractivity contribution < 1.29 is 24.1 Å². The van der Waals surface area contributed by atoms with E-state index >= 15 is 0 Å². The number of ether oxygens (including phenoxy) is 1. The standard InChI is InChI=1S/C17H16FN5O4/c18-11-10(6-24)27-17(13(11)25)23-8-21-12-14(19-7-20-15(12)23)22-16(26)9-4-2-1-3-5-9/h1-5,7-8,10-11,13,17,24-25H,6H2,(H,19,20,22,26)/t10-,11-,13-,17-/m1/s1. The molecule has 3 N–H and O–H groups in total. The highest BCUT2D eigenvalue weighted by molar-refractivity contribution is 6.06. The van der Waals surface area contributed by atoms with E-state index in [4.69, 9.17) is 9.84 Å². The molecule has 2 aromatic heterocycles. The van der Waals surface area contributed by atoms with Gasteiger partial charge in [0, 0.05) is 5.56 Å². The van der Waals surface area contributed by atoms with Crippen LogP contribution >= 0.6 is 0 Å². The van der Waals surface area contributed by atoms with Gasteiger partial charge in [-0.15, -0.1) is 0 Å². The lowest BCUT2D eigenvalue weighted by atomic mass is 10.1. The number of benzene rings is 1. The van der Waals surface area contributed by atoms with Gasteiger partial charge in [0.05, 0.1) is 12.9 Å². The van der Waals surface area contributed by atoms with Crippen LogP contribution in [0.5, 0.6) is 0 Å². The molecule has 0 unspecified atom stereocenters. The van der Waals surface area contributed by atoms with Crippen molar-refractivity contribution in [3.8, 4) is 0 Å². The van der Waals surface area contributed by atoms with Crippen LogP contribution in [-0.4, -0.2) is 60.6 Å². The van der Waals surface area contributed by atoms with Crippen molar-refractivity contribution in [1.82, 2.24) is 19.5 Å². The molecule has 3 heterocycles. The normalized spacial score (nSPS) is 25.0. The number of carbonyl (C=O) groups excluding carboxylic acids is 1. The molecule has 1 amide bonds. The van der Waals surface area contributed by atoms with E-state index in [9.17, 15) is 14.3 Å². The first-order valence-electron chi connectivity index (χ1n) is 8.22. The quantitative estimate of drug-likeness (QED) is 0.614. The number of aromatic nitrogens is 4. The van der Waals surface area contributed by atoms with Crippen LogP contribution in [0.2, 0.25) is 0 Å².